The average Bonchev–Trinajstić information content (AvgIpc) is 2.78. The molecule has 2 aromatic rings. The Morgan fingerprint density at radius 2 is 1.95 bits per heavy atom. The molecule has 0 saturated carbocycles. The molecule has 108 valence electrons. The van der Waals surface area contributed by atoms with Gasteiger partial charge in [-0.05, 0) is 12.1 Å². The van der Waals surface area contributed by atoms with E-state index in [2.05, 4.69) is 0 Å². The van der Waals surface area contributed by atoms with Gasteiger partial charge in [-0.2, -0.15) is 0 Å². The number of methoxy groups -OCH3 is 1. The van der Waals surface area contributed by atoms with Crippen LogP contribution in [-0.2, 0) is 4.74 Å². The summed E-state index contributed by atoms with van der Waals surface area (Å²) in [4.78, 5) is 0. The van der Waals surface area contributed by atoms with Gasteiger partial charge in [-0.1, -0.05) is 41.4 Å². The van der Waals surface area contributed by atoms with E-state index in [1.54, 1.807) is 13.2 Å². The molecule has 1 heterocycles. The van der Waals surface area contributed by atoms with Crippen LogP contribution < -0.4 is 10.5 Å². The lowest BCUT2D eigenvalue weighted by atomic mass is 10.0. The summed E-state index contributed by atoms with van der Waals surface area (Å²) in [5.41, 5.74) is 7.97. The van der Waals surface area contributed by atoms with Gasteiger partial charge in [0.2, 0.25) is 0 Å². The lowest BCUT2D eigenvalue weighted by Crippen LogP contribution is -2.14. The molecule has 1 aromatic carbocycles. The molecule has 1 aromatic heterocycles. The Balaban J connectivity index is 2.25. The first-order valence-electron chi connectivity index (χ1n) is 6.04. The molecule has 0 spiro atoms. The number of hydrogen-bond donors (Lipinski definition) is 1. The van der Waals surface area contributed by atoms with Crippen molar-refractivity contribution in [3.63, 3.8) is 0 Å². The molecule has 20 heavy (non-hydrogen) atoms. The van der Waals surface area contributed by atoms with E-state index < -0.39 is 0 Å². The van der Waals surface area contributed by atoms with E-state index in [1.165, 1.54) is 11.3 Å². The summed E-state index contributed by atoms with van der Waals surface area (Å²) in [6.07, 6.45) is 0. The zero-order chi connectivity index (χ0) is 14.5. The quantitative estimate of drug-likeness (QED) is 0.809. The highest BCUT2D eigenvalue weighted by molar-refractivity contribution is 7.20. The van der Waals surface area contributed by atoms with Crippen LogP contribution in [0.1, 0.15) is 17.2 Å². The number of halogens is 2. The van der Waals surface area contributed by atoms with Crippen LogP contribution in [0.2, 0.25) is 8.67 Å². The molecule has 0 radical (unpaired) electrons. The van der Waals surface area contributed by atoms with Crippen LogP contribution in [0.5, 0.6) is 5.75 Å². The van der Waals surface area contributed by atoms with Crippen LogP contribution >= 0.6 is 34.5 Å². The van der Waals surface area contributed by atoms with E-state index >= 15 is 0 Å². The summed E-state index contributed by atoms with van der Waals surface area (Å²) in [5.74, 6) is 0.732. The van der Waals surface area contributed by atoms with Crippen LogP contribution in [0, 0.1) is 0 Å². The second kappa shape index (κ2) is 7.29. The van der Waals surface area contributed by atoms with Crippen molar-refractivity contribution in [2.45, 2.75) is 6.04 Å². The predicted molar refractivity (Wildman–Crippen MR) is 84.2 cm³/mol. The fraction of sp³-hybridized carbons (Fsp3) is 0.286. The maximum absolute atomic E-state index is 6.29. The van der Waals surface area contributed by atoms with E-state index in [4.69, 9.17) is 38.4 Å². The van der Waals surface area contributed by atoms with Crippen LogP contribution in [0.15, 0.2) is 30.3 Å². The van der Waals surface area contributed by atoms with Gasteiger partial charge in [0.05, 0.1) is 21.3 Å². The van der Waals surface area contributed by atoms with Gasteiger partial charge in [0, 0.05) is 18.2 Å². The molecule has 2 rings (SSSR count). The van der Waals surface area contributed by atoms with Crippen LogP contribution in [0.4, 0.5) is 0 Å². The van der Waals surface area contributed by atoms with Crippen molar-refractivity contribution < 1.29 is 9.47 Å². The zero-order valence-electron chi connectivity index (χ0n) is 10.9. The van der Waals surface area contributed by atoms with E-state index in [0.717, 1.165) is 16.9 Å². The third-order valence-corrected chi connectivity index (χ3v) is 4.34. The average molecular weight is 332 g/mol. The molecule has 2 N–H and O–H groups in total. The van der Waals surface area contributed by atoms with Crippen molar-refractivity contribution in [3.8, 4) is 5.75 Å². The summed E-state index contributed by atoms with van der Waals surface area (Å²) in [6, 6.07) is 9.05. The van der Waals surface area contributed by atoms with Gasteiger partial charge in [0.1, 0.15) is 12.4 Å². The maximum Gasteiger partial charge on any atom is 0.124 e. The van der Waals surface area contributed by atoms with E-state index in [1.807, 2.05) is 24.3 Å². The minimum absolute atomic E-state index is 0.370. The zero-order valence-corrected chi connectivity index (χ0v) is 13.3. The first-order chi connectivity index (χ1) is 9.63. The molecular weight excluding hydrogens is 317 g/mol. The topological polar surface area (TPSA) is 44.5 Å². The predicted octanol–water partition coefficient (Wildman–Crippen LogP) is 4.13. The molecule has 0 aliphatic rings. The van der Waals surface area contributed by atoms with Crippen molar-refractivity contribution >= 4 is 34.5 Å². The lowest BCUT2D eigenvalue weighted by Gasteiger charge is -2.16. The first kappa shape index (κ1) is 15.6. The molecule has 1 unspecified atom stereocenters. The summed E-state index contributed by atoms with van der Waals surface area (Å²) < 4.78 is 11.9. The summed E-state index contributed by atoms with van der Waals surface area (Å²) in [7, 11) is 1.63. The Labute approximate surface area is 132 Å². The van der Waals surface area contributed by atoms with Gasteiger partial charge < -0.3 is 15.2 Å². The number of rotatable bonds is 6. The molecule has 0 saturated heterocycles. The molecule has 0 aliphatic heterocycles. The van der Waals surface area contributed by atoms with Crippen LogP contribution in [-0.4, -0.2) is 20.3 Å². The van der Waals surface area contributed by atoms with Crippen molar-refractivity contribution in [1.82, 2.24) is 0 Å². The summed E-state index contributed by atoms with van der Waals surface area (Å²) in [6.45, 7) is 0.993. The second-order valence-corrected chi connectivity index (χ2v) is 6.42. The third-order valence-electron chi connectivity index (χ3n) is 2.82. The largest absolute Gasteiger partial charge is 0.491 e. The lowest BCUT2D eigenvalue weighted by molar-refractivity contribution is 0.145. The summed E-state index contributed by atoms with van der Waals surface area (Å²) in [5, 5.41) is 0. The molecule has 0 fully saturated rings. The number of thiophene rings is 1. The normalized spacial score (nSPS) is 12.4. The Morgan fingerprint density at radius 3 is 2.60 bits per heavy atom. The second-order valence-electron chi connectivity index (χ2n) is 4.14. The first-order valence-corrected chi connectivity index (χ1v) is 7.61. The number of ether oxygens (including phenoxy) is 2. The minimum Gasteiger partial charge on any atom is -0.491 e. The van der Waals surface area contributed by atoms with E-state index in [9.17, 15) is 0 Å². The number of nitrogens with two attached hydrogens (primary N) is 1. The minimum atomic E-state index is -0.370. The van der Waals surface area contributed by atoms with E-state index in [0.29, 0.717) is 21.9 Å². The number of benzene rings is 1. The molecule has 0 amide bonds. The monoisotopic (exact) mass is 331 g/mol. The van der Waals surface area contributed by atoms with Crippen molar-refractivity contribution in [2.75, 3.05) is 20.3 Å². The molecule has 0 aliphatic carbocycles. The fourth-order valence-electron chi connectivity index (χ4n) is 1.84. The Hall–Kier alpha value is -0.780. The number of hydrogen-bond acceptors (Lipinski definition) is 4. The number of para-hydroxylation sites is 1. The fourth-order valence-corrected chi connectivity index (χ4v) is 3.39. The molecule has 0 bridgehead atoms. The molecular formula is C14H15Cl2NO2S. The standard InChI is InChI=1S/C14H15Cl2NO2S/c1-18-6-7-19-11-5-3-2-4-9(11)13(17)10-8-12(15)20-14(10)16/h2-5,8,13H,6-7,17H2,1H3. The highest BCUT2D eigenvalue weighted by Gasteiger charge is 2.19. The Kier molecular flexibility index (Phi) is 5.69. The Morgan fingerprint density at radius 1 is 1.20 bits per heavy atom. The highest BCUT2D eigenvalue weighted by atomic mass is 35.5. The molecule has 6 heteroatoms. The van der Waals surface area contributed by atoms with Gasteiger partial charge in [0.15, 0.2) is 0 Å². The summed E-state index contributed by atoms with van der Waals surface area (Å²) >= 11 is 13.4. The molecule has 1 atom stereocenters. The van der Waals surface area contributed by atoms with Gasteiger partial charge in [-0.15, -0.1) is 11.3 Å². The molecule has 3 nitrogen and oxygen atoms in total. The van der Waals surface area contributed by atoms with Gasteiger partial charge in [-0.25, -0.2) is 0 Å². The van der Waals surface area contributed by atoms with Crippen LogP contribution in [0.3, 0.4) is 0 Å². The van der Waals surface area contributed by atoms with Crippen molar-refractivity contribution in [1.29, 1.82) is 0 Å². The highest BCUT2D eigenvalue weighted by Crippen LogP contribution is 2.38. The van der Waals surface area contributed by atoms with Gasteiger partial charge in [0.25, 0.3) is 0 Å². The SMILES string of the molecule is COCCOc1ccccc1C(N)c1cc(Cl)sc1Cl. The smallest absolute Gasteiger partial charge is 0.124 e. The third kappa shape index (κ3) is 3.65. The van der Waals surface area contributed by atoms with Gasteiger partial charge >= 0.3 is 0 Å². The van der Waals surface area contributed by atoms with Gasteiger partial charge in [-0.3, -0.25) is 0 Å². The van der Waals surface area contributed by atoms with E-state index in [-0.39, 0.29) is 6.04 Å². The van der Waals surface area contributed by atoms with Crippen molar-refractivity contribution in [3.05, 3.63) is 50.1 Å². The van der Waals surface area contributed by atoms with Crippen molar-refractivity contribution in [2.24, 2.45) is 5.73 Å². The maximum atomic E-state index is 6.29. The van der Waals surface area contributed by atoms with Crippen LogP contribution in [0.25, 0.3) is 0 Å². The Bertz CT molecular complexity index is 574.